The molecule has 2 aliphatic rings. The Bertz CT molecular complexity index is 6110. The number of hydrogen-bond acceptors (Lipinski definition) is 14. The minimum Gasteiger partial charge on any atom is -0.423 e. The van der Waals surface area contributed by atoms with Crippen molar-refractivity contribution < 1.29 is 38.6 Å². The highest BCUT2D eigenvalue weighted by Gasteiger charge is 2.39. The van der Waals surface area contributed by atoms with Crippen molar-refractivity contribution >= 4 is 156 Å². The number of rotatable bonds is 14. The molecule has 0 spiro atoms. The molecule has 10 aromatic carbocycles. The van der Waals surface area contributed by atoms with Crippen LogP contribution in [0.25, 0.3) is 66.5 Å². The van der Waals surface area contributed by atoms with Crippen molar-refractivity contribution in [1.29, 1.82) is 10.5 Å². The van der Waals surface area contributed by atoms with E-state index in [4.69, 9.17) is 75.8 Å². The number of esters is 2. The minimum absolute atomic E-state index is 0.00536. The molecule has 14 aromatic rings. The van der Waals surface area contributed by atoms with Gasteiger partial charge in [-0.3, -0.25) is 29.3 Å². The lowest BCUT2D eigenvalue weighted by molar-refractivity contribution is 0.0301. The topological polar surface area (TPSA) is 240 Å². The SMILES string of the molecule is CN1C(=O)c2ccc(C(=O)Oc3ccc(-c4c5/c(=C(\C#N)c6cnc7cc(Cl)c(Cl)cc7n6)n(B(c6ccccc6)c6ccccc6)c(-c6ccc(OC(=O)c7ccc8c(c7)C(O)N(C)C8=O)cc6)c5/c(=C(\C#N)c5cnc6cc(Cl)c(Cl)cc6n5)n4B(c4ccccc4)c4ccccc4)cc3)cc2C1=O. The number of aliphatic hydroxyl groups excluding tert-OH is 1. The molecule has 0 fully saturated rings. The Kier molecular flexibility index (Phi) is 17.5. The Labute approximate surface area is 624 Å². The summed E-state index contributed by atoms with van der Waals surface area (Å²) < 4.78 is 16.4. The predicted octanol–water partition coefficient (Wildman–Crippen LogP) is 11.8. The number of fused-ring (bicyclic) bond motifs is 5. The van der Waals surface area contributed by atoms with E-state index in [1.54, 1.807) is 72.8 Å². The Hall–Kier alpha value is -12.8. The van der Waals surface area contributed by atoms with Crippen LogP contribution >= 0.6 is 46.4 Å². The lowest BCUT2D eigenvalue weighted by Gasteiger charge is -2.24. The number of nitrogens with zero attached hydrogens (tertiary/aromatic N) is 10. The fraction of sp³-hybridized carbons (Fsp3) is 0.0366. The van der Waals surface area contributed by atoms with Gasteiger partial charge in [-0.2, -0.15) is 10.5 Å². The second-order valence-electron chi connectivity index (χ2n) is 25.2. The normalized spacial score (nSPS) is 13.7. The highest BCUT2D eigenvalue weighted by Crippen LogP contribution is 2.40. The van der Waals surface area contributed by atoms with Crippen LogP contribution in [0, 0.1) is 22.7 Å². The number of aromatic nitrogens is 6. The Balaban J connectivity index is 1.08. The summed E-state index contributed by atoms with van der Waals surface area (Å²) in [6.45, 7) is -1.74. The van der Waals surface area contributed by atoms with Crippen LogP contribution in [0.4, 0.5) is 0 Å². The van der Waals surface area contributed by atoms with Gasteiger partial charge in [-0.25, -0.2) is 19.6 Å². The number of imide groups is 1. The molecule has 16 rings (SSSR count). The third-order valence-electron chi connectivity index (χ3n) is 19.0. The van der Waals surface area contributed by atoms with E-state index < -0.39 is 49.6 Å². The maximum atomic E-state index is 14.3. The van der Waals surface area contributed by atoms with Gasteiger partial charge in [0.2, 0.25) is 0 Å². The minimum atomic E-state index is -1.29. The molecule has 24 heteroatoms. The van der Waals surface area contributed by atoms with Crippen molar-refractivity contribution in [3.63, 3.8) is 0 Å². The molecular weight excluding hydrogens is 1420 g/mol. The van der Waals surface area contributed by atoms with Gasteiger partial charge >= 0.3 is 25.6 Å². The number of ether oxygens (including phenoxy) is 2. The summed E-state index contributed by atoms with van der Waals surface area (Å²) in [5.41, 5.74) is 7.09. The number of nitriles is 2. The van der Waals surface area contributed by atoms with Crippen LogP contribution in [-0.2, 0) is 0 Å². The predicted molar refractivity (Wildman–Crippen MR) is 408 cm³/mol. The van der Waals surface area contributed by atoms with Gasteiger partial charge in [0.25, 0.3) is 17.7 Å². The second-order valence-corrected chi connectivity index (χ2v) is 26.8. The average molecular weight is 1460 g/mol. The van der Waals surface area contributed by atoms with E-state index in [2.05, 4.69) is 21.1 Å². The third kappa shape index (κ3) is 11.8. The van der Waals surface area contributed by atoms with Crippen LogP contribution in [0.2, 0.25) is 20.1 Å². The molecule has 0 radical (unpaired) electrons. The van der Waals surface area contributed by atoms with E-state index in [9.17, 15) is 39.6 Å². The maximum Gasteiger partial charge on any atom is 0.343 e. The van der Waals surface area contributed by atoms with Crippen molar-refractivity contribution in [2.75, 3.05) is 14.1 Å². The first kappa shape index (κ1) is 67.7. The van der Waals surface area contributed by atoms with Crippen LogP contribution in [-0.4, -0.2) is 101 Å². The summed E-state index contributed by atoms with van der Waals surface area (Å²) in [6, 6.07) is 72.5. The first-order valence-electron chi connectivity index (χ1n) is 33.0. The molecule has 4 aromatic heterocycles. The van der Waals surface area contributed by atoms with Crippen molar-refractivity contribution in [2.45, 2.75) is 6.23 Å². The quantitative estimate of drug-likeness (QED) is 0.0461. The van der Waals surface area contributed by atoms with Gasteiger partial charge in [0, 0.05) is 47.4 Å². The number of benzene rings is 10. The van der Waals surface area contributed by atoms with Gasteiger partial charge in [-0.15, -0.1) is 0 Å². The molecule has 508 valence electrons. The molecule has 1 unspecified atom stereocenters. The molecule has 6 heterocycles. The fourth-order valence-corrected chi connectivity index (χ4v) is 14.6. The molecule has 0 aliphatic carbocycles. The summed E-state index contributed by atoms with van der Waals surface area (Å²) >= 11 is 26.8. The smallest absolute Gasteiger partial charge is 0.343 e. The largest absolute Gasteiger partial charge is 0.423 e. The third-order valence-corrected chi connectivity index (χ3v) is 20.4. The Morgan fingerprint density at radius 2 is 0.821 bits per heavy atom. The van der Waals surface area contributed by atoms with Gasteiger partial charge in [0.1, 0.15) is 46.2 Å². The van der Waals surface area contributed by atoms with Gasteiger partial charge in [0.05, 0.1) is 87.5 Å². The van der Waals surface area contributed by atoms with E-state index in [1.165, 1.54) is 67.8 Å². The number of hydrogen-bond donors (Lipinski definition) is 1. The zero-order chi connectivity index (χ0) is 73.3. The summed E-state index contributed by atoms with van der Waals surface area (Å²) in [4.78, 5) is 90.1. The van der Waals surface area contributed by atoms with Gasteiger partial charge in [0.15, 0.2) is 6.23 Å². The molecule has 106 heavy (non-hydrogen) atoms. The highest BCUT2D eigenvalue weighted by atomic mass is 35.5. The molecule has 3 amide bonds. The van der Waals surface area contributed by atoms with Gasteiger partial charge in [-0.1, -0.05) is 190 Å². The monoisotopic (exact) mass is 1460 g/mol. The van der Waals surface area contributed by atoms with Gasteiger partial charge < -0.3 is 28.4 Å². The van der Waals surface area contributed by atoms with E-state index in [0.717, 1.165) is 26.8 Å². The van der Waals surface area contributed by atoms with Crippen molar-refractivity contribution in [3.05, 3.63) is 318 Å². The zero-order valence-corrected chi connectivity index (χ0v) is 58.6. The van der Waals surface area contributed by atoms with Crippen LogP contribution < -0.4 is 42.0 Å². The first-order valence-corrected chi connectivity index (χ1v) is 34.5. The first-order chi connectivity index (χ1) is 51.5. The molecule has 0 bridgehead atoms. The molecule has 0 saturated carbocycles. The lowest BCUT2D eigenvalue weighted by atomic mass is 9.50. The molecule has 1 atom stereocenters. The van der Waals surface area contributed by atoms with Crippen LogP contribution in [0.5, 0.6) is 11.5 Å². The molecule has 0 saturated heterocycles. The summed E-state index contributed by atoms with van der Waals surface area (Å²) in [5.74, 6) is -2.88. The highest BCUT2D eigenvalue weighted by molar-refractivity contribution is 6.85. The van der Waals surface area contributed by atoms with Crippen LogP contribution in [0.3, 0.4) is 0 Å². The standard InChI is InChI=1S/C82H48B2Cl4N10O8/c1-95-77(99)55-33-27-47(35-57(55)79(95)101)81(103)105-53-29-23-45(24-30-53)73-71-72(76(60(42-90)70-44-92-66-38-62(86)64(88)40-68(66)94-70)97(73)83(49-15-7-3-8-16-49)50-17-9-4-10-18-50)74(46-25-31-54(32-26-46)106-82(104)48-28-34-56-58(36-48)80(102)96(2)78(56)100)98(84(51-19-11-5-12-20-51)52-21-13-6-14-22-52)75(71)59(41-89)69-43-91-65-37-61(85)63(87)39-67(65)93-69/h3-40,43-44,79,101H,1-2H3/b75-59-,76-60-. The number of carbonyl (C=O) groups is 5. The summed E-state index contributed by atoms with van der Waals surface area (Å²) in [7, 11) is 2.83. The second kappa shape index (κ2) is 27.4. The van der Waals surface area contributed by atoms with E-state index >= 15 is 0 Å². The summed E-state index contributed by atoms with van der Waals surface area (Å²) in [5, 5.41) is 38.3. The van der Waals surface area contributed by atoms with Crippen LogP contribution in [0.15, 0.2) is 243 Å². The number of halogens is 4. The lowest BCUT2D eigenvalue weighted by Crippen LogP contribution is -2.54. The number of carbonyl (C=O) groups excluding carboxylic acids is 5. The van der Waals surface area contributed by atoms with Crippen LogP contribution in [0.1, 0.15) is 75.0 Å². The van der Waals surface area contributed by atoms with E-state index in [-0.39, 0.29) is 98.2 Å². The number of aliphatic hydroxyl groups is 1. The van der Waals surface area contributed by atoms with E-state index in [0.29, 0.717) is 55.4 Å². The molecule has 1 N–H and O–H groups in total. The van der Waals surface area contributed by atoms with Gasteiger partial charge in [-0.05, 0) is 120 Å². The molecule has 2 aliphatic heterocycles. The van der Waals surface area contributed by atoms with Crippen molar-refractivity contribution in [2.24, 2.45) is 0 Å². The Morgan fingerprint density at radius 3 is 1.22 bits per heavy atom. The fourth-order valence-electron chi connectivity index (χ4n) is 14.0. The van der Waals surface area contributed by atoms with E-state index in [1.807, 2.05) is 121 Å². The van der Waals surface area contributed by atoms with Crippen molar-refractivity contribution in [1.82, 2.24) is 38.7 Å². The zero-order valence-electron chi connectivity index (χ0n) is 55.6. The maximum absolute atomic E-state index is 14.3. The average Bonchev–Trinajstić information content (AvgIpc) is 1.52. The molecular formula is C82H48B2Cl4N10O8. The number of amides is 3. The molecule has 18 nitrogen and oxygen atoms in total. The van der Waals surface area contributed by atoms with Crippen molar-refractivity contribution in [3.8, 4) is 46.2 Å². The summed E-state index contributed by atoms with van der Waals surface area (Å²) in [6.07, 6.45) is 1.70. The Morgan fingerprint density at radius 1 is 0.453 bits per heavy atom.